The number of hydrogen-bond donors (Lipinski definition) is 2. The summed E-state index contributed by atoms with van der Waals surface area (Å²) < 4.78 is 54.8. The highest BCUT2D eigenvalue weighted by atomic mass is 32.2. The van der Waals surface area contributed by atoms with Crippen LogP contribution in [-0.2, 0) is 16.4 Å². The van der Waals surface area contributed by atoms with E-state index in [1.807, 2.05) is 62.7 Å². The Balaban J connectivity index is 1.54. The van der Waals surface area contributed by atoms with Crippen molar-refractivity contribution in [2.45, 2.75) is 39.1 Å². The molecular weight excluding hydrogens is 619 g/mol. The van der Waals surface area contributed by atoms with Gasteiger partial charge in [-0.05, 0) is 84.8 Å². The van der Waals surface area contributed by atoms with Crippen molar-refractivity contribution in [3.05, 3.63) is 125 Å². The second-order valence-corrected chi connectivity index (χ2v) is 13.2. The van der Waals surface area contributed by atoms with Gasteiger partial charge in [0.15, 0.2) is 5.03 Å². The molecule has 0 aliphatic carbocycles. The number of nitrogens with zero attached hydrogens (tertiary/aromatic N) is 2. The predicted octanol–water partition coefficient (Wildman–Crippen LogP) is 7.02. The summed E-state index contributed by atoms with van der Waals surface area (Å²) >= 11 is 0. The number of amides is 1. The monoisotopic (exact) mass is 654 g/mol. The van der Waals surface area contributed by atoms with Crippen LogP contribution in [-0.4, -0.2) is 30.9 Å². The molecule has 3 aromatic carbocycles. The lowest BCUT2D eigenvalue weighted by atomic mass is 10.00. The Bertz CT molecular complexity index is 2010. The molecule has 0 atom stereocenters. The highest BCUT2D eigenvalue weighted by Gasteiger charge is 2.25. The van der Waals surface area contributed by atoms with Gasteiger partial charge in [0.1, 0.15) is 28.7 Å². The van der Waals surface area contributed by atoms with Crippen LogP contribution in [0.25, 0.3) is 11.3 Å². The molecule has 1 amide bonds. The van der Waals surface area contributed by atoms with Gasteiger partial charge in [-0.3, -0.25) is 4.79 Å². The number of halogens is 1. The lowest BCUT2D eigenvalue weighted by molar-refractivity contribution is 0.0978. The molecule has 242 valence electrons. The number of nitrogens with two attached hydrogens (primary N) is 1. The van der Waals surface area contributed by atoms with Crippen molar-refractivity contribution < 1.29 is 27.1 Å². The van der Waals surface area contributed by atoms with Crippen molar-refractivity contribution in [1.29, 1.82) is 0 Å². The van der Waals surface area contributed by atoms with Gasteiger partial charge in [-0.25, -0.2) is 19.1 Å². The average molecular weight is 655 g/mol. The van der Waals surface area contributed by atoms with Crippen molar-refractivity contribution in [1.82, 2.24) is 14.7 Å². The van der Waals surface area contributed by atoms with Gasteiger partial charge in [-0.2, -0.15) is 8.42 Å². The maximum atomic E-state index is 14.7. The minimum atomic E-state index is -4.40. The number of nitrogen functional groups attached to an aromatic ring is 1. The fraction of sp³-hybridized carbons (Fsp3) is 0.194. The lowest BCUT2D eigenvalue weighted by Crippen LogP contribution is -2.31. The van der Waals surface area contributed by atoms with Crippen LogP contribution in [0.4, 0.5) is 10.2 Å². The van der Waals surface area contributed by atoms with Gasteiger partial charge in [-0.1, -0.05) is 62.4 Å². The van der Waals surface area contributed by atoms with E-state index in [4.69, 9.17) is 15.2 Å². The predicted molar refractivity (Wildman–Crippen MR) is 179 cm³/mol. The summed E-state index contributed by atoms with van der Waals surface area (Å²) in [6, 6.07) is 25.1. The Kier molecular flexibility index (Phi) is 9.86. The molecule has 0 spiro atoms. The Morgan fingerprint density at radius 3 is 2.30 bits per heavy atom. The largest absolute Gasteiger partial charge is 0.493 e. The molecule has 0 saturated carbocycles. The zero-order valence-corrected chi connectivity index (χ0v) is 27.3. The Hall–Kier alpha value is -5.29. The Morgan fingerprint density at radius 1 is 0.894 bits per heavy atom. The minimum absolute atomic E-state index is 0.0242. The van der Waals surface area contributed by atoms with Crippen molar-refractivity contribution in [3.63, 3.8) is 0 Å². The van der Waals surface area contributed by atoms with Gasteiger partial charge in [0.05, 0.1) is 12.3 Å². The SMILES string of the molecule is Cc1cc(Cc2ccccc2)cc(C)c1Oc1nc(-c2cc(F)cc(OCC(C)C)c2)ccc1C(=O)NS(=O)(=O)c1cccc(N)n1. The van der Waals surface area contributed by atoms with Crippen LogP contribution in [0.3, 0.4) is 0 Å². The maximum absolute atomic E-state index is 14.7. The Labute approximate surface area is 273 Å². The summed E-state index contributed by atoms with van der Waals surface area (Å²) in [6.07, 6.45) is 0.709. The number of carbonyl (C=O) groups excluding carboxylic acids is 1. The maximum Gasteiger partial charge on any atom is 0.281 e. The van der Waals surface area contributed by atoms with Gasteiger partial charge < -0.3 is 15.2 Å². The molecule has 5 aromatic rings. The first-order valence-electron chi connectivity index (χ1n) is 14.9. The standard InChI is InChI=1S/C36H35FN4O5S/c1-22(2)21-45-29-19-27(18-28(37)20-29)31-14-13-30(35(42)41-47(43,44)33-12-8-11-32(38)40-33)36(39-31)46-34-23(3)15-26(16-24(34)4)17-25-9-6-5-7-10-25/h5-16,18-20,22H,17,21H2,1-4H3,(H2,38,40)(H,41,42). The van der Waals surface area contributed by atoms with E-state index in [9.17, 15) is 17.6 Å². The summed E-state index contributed by atoms with van der Waals surface area (Å²) in [4.78, 5) is 21.9. The zero-order valence-electron chi connectivity index (χ0n) is 26.5. The first-order chi connectivity index (χ1) is 22.4. The molecule has 11 heteroatoms. The average Bonchev–Trinajstić information content (AvgIpc) is 3.02. The number of pyridine rings is 2. The van der Waals surface area contributed by atoms with E-state index in [2.05, 4.69) is 22.1 Å². The summed E-state index contributed by atoms with van der Waals surface area (Å²) in [5.41, 5.74) is 9.92. The second kappa shape index (κ2) is 14.0. The molecule has 0 aliphatic rings. The zero-order chi connectivity index (χ0) is 33.7. The number of nitrogens with one attached hydrogen (secondary N) is 1. The summed E-state index contributed by atoms with van der Waals surface area (Å²) in [6.45, 7) is 8.11. The molecule has 5 rings (SSSR count). The van der Waals surface area contributed by atoms with Crippen LogP contribution in [0, 0.1) is 25.6 Å². The van der Waals surface area contributed by atoms with Gasteiger partial charge in [0.25, 0.3) is 15.9 Å². The number of rotatable bonds is 11. The van der Waals surface area contributed by atoms with Gasteiger partial charge in [-0.15, -0.1) is 0 Å². The normalized spacial score (nSPS) is 11.4. The molecule has 9 nitrogen and oxygen atoms in total. The quantitative estimate of drug-likeness (QED) is 0.155. The topological polar surface area (TPSA) is 134 Å². The number of ether oxygens (including phenoxy) is 2. The summed E-state index contributed by atoms with van der Waals surface area (Å²) in [7, 11) is -4.40. The number of carbonyl (C=O) groups is 1. The third-order valence-electron chi connectivity index (χ3n) is 7.07. The third-order valence-corrected chi connectivity index (χ3v) is 8.30. The second-order valence-electron chi connectivity index (χ2n) is 11.6. The molecule has 2 aromatic heterocycles. The molecule has 0 radical (unpaired) electrons. The van der Waals surface area contributed by atoms with Crippen LogP contribution < -0.4 is 19.9 Å². The third kappa shape index (κ3) is 8.30. The number of aromatic nitrogens is 2. The molecule has 0 bridgehead atoms. The van der Waals surface area contributed by atoms with Gasteiger partial charge in [0, 0.05) is 11.6 Å². The summed E-state index contributed by atoms with van der Waals surface area (Å²) in [5, 5.41) is -0.424. The first kappa shape index (κ1) is 33.1. The van der Waals surface area contributed by atoms with E-state index in [0.717, 1.165) is 22.3 Å². The van der Waals surface area contributed by atoms with Crippen LogP contribution in [0.15, 0.2) is 96.0 Å². The molecule has 0 fully saturated rings. The fourth-order valence-corrected chi connectivity index (χ4v) is 5.89. The molecule has 2 heterocycles. The summed E-state index contributed by atoms with van der Waals surface area (Å²) in [5.74, 6) is -0.743. The van der Waals surface area contributed by atoms with E-state index < -0.39 is 26.8 Å². The smallest absolute Gasteiger partial charge is 0.281 e. The van der Waals surface area contributed by atoms with Gasteiger partial charge >= 0.3 is 0 Å². The van der Waals surface area contributed by atoms with Crippen LogP contribution >= 0.6 is 0 Å². The van der Waals surface area contributed by atoms with E-state index in [0.29, 0.717) is 30.1 Å². The van der Waals surface area contributed by atoms with Gasteiger partial charge in [0.2, 0.25) is 5.88 Å². The molecule has 47 heavy (non-hydrogen) atoms. The number of aryl methyl sites for hydroxylation is 2. The van der Waals surface area contributed by atoms with Crippen LogP contribution in [0.5, 0.6) is 17.4 Å². The highest BCUT2D eigenvalue weighted by molar-refractivity contribution is 7.90. The van der Waals surface area contributed by atoms with Crippen molar-refractivity contribution in [3.8, 4) is 28.6 Å². The lowest BCUT2D eigenvalue weighted by Gasteiger charge is -2.17. The molecule has 3 N–H and O–H groups in total. The molecular formula is C36H35FN4O5S. The van der Waals surface area contributed by atoms with E-state index in [1.165, 1.54) is 42.5 Å². The van der Waals surface area contributed by atoms with Crippen molar-refractivity contribution in [2.75, 3.05) is 12.3 Å². The van der Waals surface area contributed by atoms with Crippen molar-refractivity contribution >= 4 is 21.7 Å². The Morgan fingerprint density at radius 2 is 1.62 bits per heavy atom. The van der Waals surface area contributed by atoms with Crippen molar-refractivity contribution in [2.24, 2.45) is 5.92 Å². The number of benzene rings is 3. The number of sulfonamides is 1. The fourth-order valence-electron chi connectivity index (χ4n) is 4.95. The minimum Gasteiger partial charge on any atom is -0.493 e. The first-order valence-corrected chi connectivity index (χ1v) is 16.4. The molecule has 0 unspecified atom stereocenters. The van der Waals surface area contributed by atoms with E-state index in [-0.39, 0.29) is 28.9 Å². The van der Waals surface area contributed by atoms with Crippen LogP contribution in [0.1, 0.15) is 46.5 Å². The number of anilines is 1. The van der Waals surface area contributed by atoms with E-state index >= 15 is 0 Å². The molecule has 0 aliphatic heterocycles. The highest BCUT2D eigenvalue weighted by Crippen LogP contribution is 2.34. The molecule has 0 saturated heterocycles. The number of hydrogen-bond acceptors (Lipinski definition) is 8. The van der Waals surface area contributed by atoms with Crippen LogP contribution in [0.2, 0.25) is 0 Å². The van der Waals surface area contributed by atoms with E-state index in [1.54, 1.807) is 6.07 Å².